The zero-order chi connectivity index (χ0) is 23.5. The van der Waals surface area contributed by atoms with Crippen molar-refractivity contribution >= 4 is 68.2 Å². The van der Waals surface area contributed by atoms with Crippen LogP contribution < -0.4 is 8.72 Å². The fraction of sp³-hybridized carbons (Fsp3) is 0.130. The molecule has 0 saturated carbocycles. The molecule has 2 unspecified atom stereocenters. The fourth-order valence-electron chi connectivity index (χ4n) is 3.62. The first-order chi connectivity index (χ1) is 15.9. The molecule has 0 aliphatic carbocycles. The first kappa shape index (κ1) is 22.8. The molecule has 0 bridgehead atoms. The molecule has 10 heteroatoms. The zero-order valence-corrected chi connectivity index (χ0v) is 18.7. The van der Waals surface area contributed by atoms with E-state index in [2.05, 4.69) is 0 Å². The number of rotatable bonds is 8. The van der Waals surface area contributed by atoms with Crippen molar-refractivity contribution in [2.24, 2.45) is 0 Å². The summed E-state index contributed by atoms with van der Waals surface area (Å²) in [6.07, 6.45) is -0.553. The third kappa shape index (κ3) is 4.70. The second-order valence-corrected chi connectivity index (χ2v) is 8.39. The molecule has 0 radical (unpaired) electrons. The molecule has 170 valence electrons. The summed E-state index contributed by atoms with van der Waals surface area (Å²) >= 11 is 3.16. The van der Waals surface area contributed by atoms with Gasteiger partial charge in [-0.1, -0.05) is 36.4 Å². The molecule has 0 fully saturated rings. The number of anilines is 2. The molecule has 0 aliphatic rings. The maximum Gasteiger partial charge on any atom is 0.327 e. The van der Waals surface area contributed by atoms with E-state index < -0.39 is 29.2 Å². The van der Waals surface area contributed by atoms with Gasteiger partial charge in [0.15, 0.2) is 0 Å². The van der Waals surface area contributed by atoms with Gasteiger partial charge >= 0.3 is 5.97 Å². The van der Waals surface area contributed by atoms with Crippen LogP contribution in [0.4, 0.5) is 11.4 Å². The average molecular weight is 486 g/mol. The molecule has 4 aromatic rings. The van der Waals surface area contributed by atoms with Crippen molar-refractivity contribution in [3.63, 3.8) is 0 Å². The van der Waals surface area contributed by atoms with E-state index in [9.17, 15) is 23.5 Å². The quantitative estimate of drug-likeness (QED) is 0.288. The highest BCUT2D eigenvalue weighted by molar-refractivity contribution is 7.80. The molecule has 4 rings (SSSR count). The van der Waals surface area contributed by atoms with Gasteiger partial charge in [-0.2, -0.15) is 0 Å². The highest BCUT2D eigenvalue weighted by atomic mass is 35.5. The molecular formula is C23H18ClN2O6S-. The van der Waals surface area contributed by atoms with E-state index in [1.807, 2.05) is 18.2 Å². The predicted octanol–water partition coefficient (Wildman–Crippen LogP) is 4.61. The minimum atomic E-state index is -2.92. The second-order valence-electron chi connectivity index (χ2n) is 7.22. The SMILES string of the molecule is O=C(O)C(CCC(=O)N(Cl)c1ccccc1)N(c1ccc2oc3ccccc3c2c1)S(=O)[O-]. The molecule has 8 nitrogen and oxygen atoms in total. The van der Waals surface area contributed by atoms with Crippen molar-refractivity contribution in [1.29, 1.82) is 0 Å². The number of amides is 1. The summed E-state index contributed by atoms with van der Waals surface area (Å²) in [5.41, 5.74) is 1.74. The summed E-state index contributed by atoms with van der Waals surface area (Å²) < 4.78 is 31.6. The smallest absolute Gasteiger partial charge is 0.327 e. The fourth-order valence-corrected chi connectivity index (χ4v) is 4.51. The van der Waals surface area contributed by atoms with Crippen LogP contribution >= 0.6 is 11.8 Å². The van der Waals surface area contributed by atoms with Gasteiger partial charge in [0, 0.05) is 40.2 Å². The Bertz CT molecular complexity index is 1340. The number of carboxylic acids is 1. The number of para-hydroxylation sites is 2. The number of carbonyl (C=O) groups excluding carboxylic acids is 1. The zero-order valence-electron chi connectivity index (χ0n) is 17.1. The van der Waals surface area contributed by atoms with Crippen LogP contribution in [0, 0.1) is 0 Å². The lowest BCUT2D eigenvalue weighted by Gasteiger charge is -2.32. The minimum absolute atomic E-state index is 0.146. The normalized spacial score (nSPS) is 13.0. The molecule has 1 heterocycles. The lowest BCUT2D eigenvalue weighted by Crippen LogP contribution is -2.43. The number of aliphatic carboxylic acids is 1. The molecule has 3 aromatic carbocycles. The van der Waals surface area contributed by atoms with Crippen LogP contribution in [0.25, 0.3) is 21.9 Å². The molecule has 1 amide bonds. The Morgan fingerprint density at radius 2 is 1.64 bits per heavy atom. The number of hydrogen-bond acceptors (Lipinski definition) is 5. The standard InChI is InChI=1S/C23H19ClN2O6S/c24-25(15-6-2-1-3-7-15)22(27)13-11-19(23(28)29)26(33(30)31)16-10-12-21-18(14-16)17-8-4-5-9-20(17)32-21/h1-10,12,14,19H,11,13H2,(H,28,29)(H,30,31)/p-1. The van der Waals surface area contributed by atoms with Crippen LogP contribution in [0.1, 0.15) is 12.8 Å². The van der Waals surface area contributed by atoms with Gasteiger partial charge in [-0.25, -0.2) is 9.21 Å². The molecule has 0 aliphatic heterocycles. The van der Waals surface area contributed by atoms with Crippen LogP contribution in [-0.4, -0.2) is 31.8 Å². The first-order valence-corrected chi connectivity index (χ1v) is 11.3. The van der Waals surface area contributed by atoms with Crippen molar-refractivity contribution in [2.75, 3.05) is 8.72 Å². The Hall–Kier alpha value is -3.40. The van der Waals surface area contributed by atoms with Crippen LogP contribution in [-0.2, 0) is 20.9 Å². The summed E-state index contributed by atoms with van der Waals surface area (Å²) in [5.74, 6) is -1.94. The number of hydrogen-bond donors (Lipinski definition) is 1. The Kier molecular flexibility index (Phi) is 6.64. The third-order valence-electron chi connectivity index (χ3n) is 5.18. The molecular weight excluding hydrogens is 468 g/mol. The van der Waals surface area contributed by atoms with Gasteiger partial charge in [-0.3, -0.25) is 13.3 Å². The van der Waals surface area contributed by atoms with E-state index >= 15 is 0 Å². The van der Waals surface area contributed by atoms with E-state index in [-0.39, 0.29) is 18.5 Å². The Morgan fingerprint density at radius 1 is 0.970 bits per heavy atom. The number of carboxylic acid groups (broad SMARTS) is 1. The highest BCUT2D eigenvalue weighted by Crippen LogP contribution is 2.33. The lowest BCUT2D eigenvalue weighted by molar-refractivity contribution is -0.138. The van der Waals surface area contributed by atoms with Crippen LogP contribution in [0.3, 0.4) is 0 Å². The lowest BCUT2D eigenvalue weighted by atomic mass is 10.1. The number of benzene rings is 3. The van der Waals surface area contributed by atoms with Crippen molar-refractivity contribution in [3.05, 3.63) is 72.8 Å². The van der Waals surface area contributed by atoms with Gasteiger partial charge in [0.25, 0.3) is 0 Å². The average Bonchev–Trinajstić information content (AvgIpc) is 3.19. The summed E-state index contributed by atoms with van der Waals surface area (Å²) in [5, 5.41) is 11.2. The monoisotopic (exact) mass is 485 g/mol. The van der Waals surface area contributed by atoms with E-state index in [0.717, 1.165) is 14.1 Å². The summed E-state index contributed by atoms with van der Waals surface area (Å²) in [7, 11) is 0. The van der Waals surface area contributed by atoms with Crippen LogP contribution in [0.5, 0.6) is 0 Å². The van der Waals surface area contributed by atoms with Gasteiger partial charge in [0.1, 0.15) is 17.2 Å². The Morgan fingerprint density at radius 3 is 2.33 bits per heavy atom. The molecule has 2 atom stereocenters. The van der Waals surface area contributed by atoms with Gasteiger partial charge in [0.05, 0.1) is 11.4 Å². The Labute approximate surface area is 196 Å². The topological polar surface area (TPSA) is 114 Å². The maximum absolute atomic E-state index is 12.5. The van der Waals surface area contributed by atoms with E-state index in [1.165, 1.54) is 6.07 Å². The van der Waals surface area contributed by atoms with Gasteiger partial charge in [-0.05, 0) is 42.8 Å². The Balaban J connectivity index is 1.62. The summed E-state index contributed by atoms with van der Waals surface area (Å²) in [6, 6.07) is 18.8. The number of halogens is 1. The summed E-state index contributed by atoms with van der Waals surface area (Å²) in [4.78, 5) is 24.5. The van der Waals surface area contributed by atoms with Crippen LogP contribution in [0.2, 0.25) is 0 Å². The number of fused-ring (bicyclic) bond motifs is 3. The van der Waals surface area contributed by atoms with Gasteiger partial charge in [-0.15, -0.1) is 0 Å². The molecule has 1 N–H and O–H groups in total. The van der Waals surface area contributed by atoms with Gasteiger partial charge in [0.2, 0.25) is 5.91 Å². The van der Waals surface area contributed by atoms with E-state index in [4.69, 9.17) is 16.2 Å². The third-order valence-corrected chi connectivity index (χ3v) is 6.35. The molecule has 1 aromatic heterocycles. The van der Waals surface area contributed by atoms with Crippen molar-refractivity contribution in [3.8, 4) is 0 Å². The van der Waals surface area contributed by atoms with Crippen molar-refractivity contribution in [1.82, 2.24) is 0 Å². The second kappa shape index (κ2) is 9.62. The highest BCUT2D eigenvalue weighted by Gasteiger charge is 2.29. The molecule has 33 heavy (non-hydrogen) atoms. The number of nitrogens with zero attached hydrogens (tertiary/aromatic N) is 2. The van der Waals surface area contributed by atoms with E-state index in [0.29, 0.717) is 22.2 Å². The van der Waals surface area contributed by atoms with Crippen molar-refractivity contribution in [2.45, 2.75) is 18.9 Å². The minimum Gasteiger partial charge on any atom is -0.755 e. The van der Waals surface area contributed by atoms with E-state index in [1.54, 1.807) is 48.5 Å². The summed E-state index contributed by atoms with van der Waals surface area (Å²) in [6.45, 7) is 0. The largest absolute Gasteiger partial charge is 0.755 e. The number of carbonyl (C=O) groups is 2. The number of furan rings is 1. The van der Waals surface area contributed by atoms with Gasteiger partial charge < -0.3 is 14.1 Å². The maximum atomic E-state index is 12.5. The first-order valence-electron chi connectivity index (χ1n) is 9.93. The molecule has 0 spiro atoms. The van der Waals surface area contributed by atoms with Crippen LogP contribution in [0.15, 0.2) is 77.2 Å². The predicted molar refractivity (Wildman–Crippen MR) is 126 cm³/mol. The molecule has 0 saturated heterocycles. The van der Waals surface area contributed by atoms with Crippen molar-refractivity contribution < 1.29 is 27.9 Å².